The van der Waals surface area contributed by atoms with Gasteiger partial charge in [-0.25, -0.2) is 4.79 Å². The quantitative estimate of drug-likeness (QED) is 0.552. The third-order valence-corrected chi connectivity index (χ3v) is 4.32. The van der Waals surface area contributed by atoms with Crippen LogP contribution in [0.3, 0.4) is 0 Å². The minimum Gasteiger partial charge on any atom is -0.493 e. The number of carbonyl (C=O) groups excluding carboxylic acids is 1. The van der Waals surface area contributed by atoms with Crippen molar-refractivity contribution in [2.24, 2.45) is 0 Å². The minimum absolute atomic E-state index is 0.147. The van der Waals surface area contributed by atoms with Crippen molar-refractivity contribution >= 4 is 39.3 Å². The maximum absolute atomic E-state index is 11.7. The van der Waals surface area contributed by atoms with Gasteiger partial charge in [-0.15, -0.1) is 0 Å². The van der Waals surface area contributed by atoms with E-state index in [-0.39, 0.29) is 6.61 Å². The molecule has 6 heteroatoms. The molecule has 0 saturated carbocycles. The normalized spacial score (nSPS) is 10.7. The van der Waals surface area contributed by atoms with E-state index in [0.29, 0.717) is 11.5 Å². The first-order valence-electron chi connectivity index (χ1n) is 6.41. The molecule has 4 nitrogen and oxygen atoms in total. The molecule has 0 aliphatic heterocycles. The van der Waals surface area contributed by atoms with E-state index >= 15 is 0 Å². The summed E-state index contributed by atoms with van der Waals surface area (Å²) in [5.74, 6) is 0.806. The molecule has 2 aromatic rings. The lowest BCUT2D eigenvalue weighted by atomic mass is 10.2. The van der Waals surface area contributed by atoms with Gasteiger partial charge in [0, 0.05) is 16.1 Å². The van der Waals surface area contributed by atoms with Crippen LogP contribution in [0, 0.1) is 0 Å². The van der Waals surface area contributed by atoms with Gasteiger partial charge in [-0.05, 0) is 40.6 Å². The van der Waals surface area contributed by atoms with Gasteiger partial charge in [0.05, 0.1) is 14.2 Å². The number of benzene rings is 1. The van der Waals surface area contributed by atoms with Crippen LogP contribution in [0.1, 0.15) is 11.1 Å². The fraction of sp³-hybridized carbons (Fsp3) is 0.188. The Labute approximate surface area is 141 Å². The van der Waals surface area contributed by atoms with Crippen LogP contribution in [0.4, 0.5) is 0 Å². The van der Waals surface area contributed by atoms with E-state index < -0.39 is 5.97 Å². The SMILES string of the molecule is COc1cc(Br)c(COC(=O)/C=C/c2ccsc2)cc1OC. The van der Waals surface area contributed by atoms with Gasteiger partial charge in [0.15, 0.2) is 11.5 Å². The van der Waals surface area contributed by atoms with E-state index in [1.807, 2.05) is 16.8 Å². The topological polar surface area (TPSA) is 44.8 Å². The van der Waals surface area contributed by atoms with Gasteiger partial charge < -0.3 is 14.2 Å². The Balaban J connectivity index is 2.00. The molecule has 0 N–H and O–H groups in total. The number of thiophene rings is 1. The summed E-state index contributed by atoms with van der Waals surface area (Å²) in [5, 5.41) is 3.90. The summed E-state index contributed by atoms with van der Waals surface area (Å²) in [6.07, 6.45) is 3.14. The molecule has 0 amide bonds. The standard InChI is InChI=1S/C16H15BrO4S/c1-19-14-7-12(13(17)8-15(14)20-2)9-21-16(18)4-3-11-5-6-22-10-11/h3-8,10H,9H2,1-2H3/b4-3+. The van der Waals surface area contributed by atoms with Crippen molar-refractivity contribution in [3.63, 3.8) is 0 Å². The summed E-state index contributed by atoms with van der Waals surface area (Å²) in [6, 6.07) is 5.49. The molecule has 0 fully saturated rings. The molecule has 0 spiro atoms. The lowest BCUT2D eigenvalue weighted by Gasteiger charge is -2.11. The highest BCUT2D eigenvalue weighted by Crippen LogP contribution is 2.33. The first-order valence-corrected chi connectivity index (χ1v) is 8.15. The van der Waals surface area contributed by atoms with Crippen LogP contribution >= 0.6 is 27.3 Å². The largest absolute Gasteiger partial charge is 0.493 e. The zero-order valence-corrected chi connectivity index (χ0v) is 14.6. The van der Waals surface area contributed by atoms with Crippen LogP contribution in [0.5, 0.6) is 11.5 Å². The Kier molecular flexibility index (Phi) is 6.03. The van der Waals surface area contributed by atoms with Crippen LogP contribution < -0.4 is 9.47 Å². The predicted octanol–water partition coefficient (Wildman–Crippen LogP) is 4.28. The number of halogens is 1. The molecule has 1 aromatic carbocycles. The maximum Gasteiger partial charge on any atom is 0.331 e. The molecule has 0 saturated heterocycles. The fourth-order valence-corrected chi connectivity index (χ4v) is 2.80. The van der Waals surface area contributed by atoms with Crippen LogP contribution in [-0.4, -0.2) is 20.2 Å². The Morgan fingerprint density at radius 1 is 1.27 bits per heavy atom. The second kappa shape index (κ2) is 8.00. The van der Waals surface area contributed by atoms with Gasteiger partial charge in [-0.1, -0.05) is 15.9 Å². The molecule has 1 aromatic heterocycles. The third kappa shape index (κ3) is 4.35. The summed E-state index contributed by atoms with van der Waals surface area (Å²) in [4.78, 5) is 11.7. The number of rotatable bonds is 6. The number of methoxy groups -OCH3 is 2. The molecular formula is C16H15BrO4S. The van der Waals surface area contributed by atoms with Crippen LogP contribution in [-0.2, 0) is 16.1 Å². The van der Waals surface area contributed by atoms with Crippen LogP contribution in [0.25, 0.3) is 6.08 Å². The molecule has 2 rings (SSSR count). The van der Waals surface area contributed by atoms with Crippen molar-refractivity contribution < 1.29 is 19.0 Å². The predicted molar refractivity (Wildman–Crippen MR) is 90.4 cm³/mol. The third-order valence-electron chi connectivity index (χ3n) is 2.88. The first-order chi connectivity index (χ1) is 10.6. The lowest BCUT2D eigenvalue weighted by molar-refractivity contribution is -0.138. The molecule has 116 valence electrons. The zero-order chi connectivity index (χ0) is 15.9. The van der Waals surface area contributed by atoms with Crippen molar-refractivity contribution in [2.45, 2.75) is 6.61 Å². The number of esters is 1. The second-order valence-electron chi connectivity index (χ2n) is 4.30. The summed E-state index contributed by atoms with van der Waals surface area (Å²) in [7, 11) is 3.13. The smallest absolute Gasteiger partial charge is 0.331 e. The molecule has 0 aliphatic rings. The Morgan fingerprint density at radius 2 is 2.00 bits per heavy atom. The summed E-state index contributed by atoms with van der Waals surface area (Å²) >= 11 is 5.00. The van der Waals surface area contributed by atoms with E-state index in [0.717, 1.165) is 15.6 Å². The average molecular weight is 383 g/mol. The van der Waals surface area contributed by atoms with E-state index in [9.17, 15) is 4.79 Å². The van der Waals surface area contributed by atoms with Crippen molar-refractivity contribution in [3.8, 4) is 11.5 Å². The Morgan fingerprint density at radius 3 is 2.64 bits per heavy atom. The van der Waals surface area contributed by atoms with E-state index in [2.05, 4.69) is 15.9 Å². The van der Waals surface area contributed by atoms with Crippen molar-refractivity contribution in [1.29, 1.82) is 0 Å². The Hall–Kier alpha value is -1.79. The minimum atomic E-state index is -0.395. The lowest BCUT2D eigenvalue weighted by Crippen LogP contribution is -2.02. The van der Waals surface area contributed by atoms with E-state index in [1.165, 1.54) is 6.08 Å². The fourth-order valence-electron chi connectivity index (χ4n) is 1.74. The number of hydrogen-bond acceptors (Lipinski definition) is 5. The van der Waals surface area contributed by atoms with Crippen LogP contribution in [0.15, 0.2) is 39.5 Å². The molecule has 0 radical (unpaired) electrons. The van der Waals surface area contributed by atoms with Gasteiger partial charge in [0.25, 0.3) is 0 Å². The maximum atomic E-state index is 11.7. The number of carbonyl (C=O) groups is 1. The molecule has 1 heterocycles. The van der Waals surface area contributed by atoms with E-state index in [1.54, 1.807) is 43.8 Å². The van der Waals surface area contributed by atoms with Gasteiger partial charge >= 0.3 is 5.97 Å². The molecule has 0 bridgehead atoms. The first kappa shape index (κ1) is 16.6. The Bertz CT molecular complexity index is 665. The number of ether oxygens (including phenoxy) is 3. The average Bonchev–Trinajstić information content (AvgIpc) is 3.04. The van der Waals surface area contributed by atoms with Gasteiger partial charge in [-0.2, -0.15) is 11.3 Å². The molecule has 0 aliphatic carbocycles. The zero-order valence-electron chi connectivity index (χ0n) is 12.2. The monoisotopic (exact) mass is 382 g/mol. The van der Waals surface area contributed by atoms with Gasteiger partial charge in [0.2, 0.25) is 0 Å². The highest BCUT2D eigenvalue weighted by molar-refractivity contribution is 9.10. The second-order valence-corrected chi connectivity index (χ2v) is 5.93. The highest BCUT2D eigenvalue weighted by Gasteiger charge is 2.10. The summed E-state index contributed by atoms with van der Waals surface area (Å²) < 4.78 is 16.5. The van der Waals surface area contributed by atoms with Gasteiger partial charge in [-0.3, -0.25) is 0 Å². The van der Waals surface area contributed by atoms with Crippen molar-refractivity contribution in [2.75, 3.05) is 14.2 Å². The van der Waals surface area contributed by atoms with Crippen LogP contribution in [0.2, 0.25) is 0 Å². The summed E-state index contributed by atoms with van der Waals surface area (Å²) in [5.41, 5.74) is 1.78. The summed E-state index contributed by atoms with van der Waals surface area (Å²) in [6.45, 7) is 0.147. The molecule has 22 heavy (non-hydrogen) atoms. The molecule has 0 atom stereocenters. The highest BCUT2D eigenvalue weighted by atomic mass is 79.9. The van der Waals surface area contributed by atoms with E-state index in [4.69, 9.17) is 14.2 Å². The van der Waals surface area contributed by atoms with Crippen molar-refractivity contribution in [1.82, 2.24) is 0 Å². The number of hydrogen-bond donors (Lipinski definition) is 0. The van der Waals surface area contributed by atoms with Gasteiger partial charge in [0.1, 0.15) is 6.61 Å². The molecule has 0 unspecified atom stereocenters. The van der Waals surface area contributed by atoms with Crippen molar-refractivity contribution in [3.05, 3.63) is 50.6 Å². The molecular weight excluding hydrogens is 368 g/mol.